The van der Waals surface area contributed by atoms with Crippen LogP contribution in [0.4, 0.5) is 0 Å². The first-order valence-corrected chi connectivity index (χ1v) is 5.55. The minimum absolute atomic E-state index is 0.0250. The average molecular weight is 213 g/mol. The molecule has 0 bridgehead atoms. The second-order valence-corrected chi connectivity index (χ2v) is 4.31. The van der Waals surface area contributed by atoms with Gasteiger partial charge in [0, 0.05) is 6.42 Å². The number of aromatic nitrogens is 2. The standard InChI is InChI=1S/C8H11N3O2S/c1-3-5-10-14(12,13)8-6-9-7(4-2)11-8/h1,6,10H,4-5H2,2H3,(H,9,11). The number of rotatable bonds is 4. The summed E-state index contributed by atoms with van der Waals surface area (Å²) in [5, 5.41) is 0.0459. The number of nitrogens with one attached hydrogen (secondary N) is 2. The lowest BCUT2D eigenvalue weighted by atomic mass is 10.5. The molecule has 0 unspecified atom stereocenters. The monoisotopic (exact) mass is 213 g/mol. The number of terminal acetylenes is 1. The van der Waals surface area contributed by atoms with Crippen LogP contribution in [-0.2, 0) is 16.4 Å². The maximum absolute atomic E-state index is 11.4. The van der Waals surface area contributed by atoms with Crippen LogP contribution in [0.1, 0.15) is 12.7 Å². The highest BCUT2D eigenvalue weighted by molar-refractivity contribution is 7.89. The minimum atomic E-state index is -3.52. The van der Waals surface area contributed by atoms with Crippen molar-refractivity contribution in [1.29, 1.82) is 0 Å². The maximum atomic E-state index is 11.4. The van der Waals surface area contributed by atoms with Crippen LogP contribution in [0.15, 0.2) is 11.2 Å². The normalized spacial score (nSPS) is 11.1. The molecule has 76 valence electrons. The lowest BCUT2D eigenvalue weighted by Crippen LogP contribution is -2.24. The third kappa shape index (κ3) is 2.34. The summed E-state index contributed by atoms with van der Waals surface area (Å²) < 4.78 is 25.1. The van der Waals surface area contributed by atoms with E-state index in [1.165, 1.54) is 6.20 Å². The molecule has 0 aromatic carbocycles. The fourth-order valence-electron chi connectivity index (χ4n) is 0.874. The molecular formula is C8H11N3O2S. The summed E-state index contributed by atoms with van der Waals surface area (Å²) in [5.41, 5.74) is 0. The maximum Gasteiger partial charge on any atom is 0.258 e. The van der Waals surface area contributed by atoms with Gasteiger partial charge >= 0.3 is 0 Å². The molecule has 1 aromatic rings. The van der Waals surface area contributed by atoms with Gasteiger partial charge in [-0.25, -0.2) is 13.4 Å². The van der Waals surface area contributed by atoms with Gasteiger partial charge in [-0.3, -0.25) is 0 Å². The van der Waals surface area contributed by atoms with Gasteiger partial charge in [-0.1, -0.05) is 12.8 Å². The van der Waals surface area contributed by atoms with Gasteiger partial charge in [0.15, 0.2) is 5.03 Å². The molecule has 0 fully saturated rings. The average Bonchev–Trinajstić information content (AvgIpc) is 2.63. The first-order chi connectivity index (χ1) is 6.60. The van der Waals surface area contributed by atoms with E-state index in [4.69, 9.17) is 6.42 Å². The van der Waals surface area contributed by atoms with Crippen molar-refractivity contribution < 1.29 is 8.42 Å². The molecule has 0 radical (unpaired) electrons. The predicted molar refractivity (Wildman–Crippen MR) is 52.0 cm³/mol. The Balaban J connectivity index is 2.88. The Hall–Kier alpha value is -1.32. The summed E-state index contributed by atoms with van der Waals surface area (Å²) in [5.74, 6) is 2.82. The van der Waals surface area contributed by atoms with Crippen LogP contribution in [0.25, 0.3) is 0 Å². The third-order valence-corrected chi connectivity index (χ3v) is 2.90. The van der Waals surface area contributed by atoms with E-state index in [0.29, 0.717) is 12.2 Å². The Kier molecular flexibility index (Phi) is 3.28. The van der Waals surface area contributed by atoms with E-state index in [2.05, 4.69) is 20.6 Å². The number of sulfonamides is 1. The fraction of sp³-hybridized carbons (Fsp3) is 0.375. The molecule has 2 N–H and O–H groups in total. The van der Waals surface area contributed by atoms with E-state index < -0.39 is 10.0 Å². The summed E-state index contributed by atoms with van der Waals surface area (Å²) in [6.45, 7) is 1.85. The summed E-state index contributed by atoms with van der Waals surface area (Å²) in [7, 11) is -3.52. The third-order valence-electron chi connectivity index (χ3n) is 1.59. The van der Waals surface area contributed by atoms with Crippen LogP contribution in [0.5, 0.6) is 0 Å². The van der Waals surface area contributed by atoms with Crippen LogP contribution >= 0.6 is 0 Å². The van der Waals surface area contributed by atoms with Crippen LogP contribution in [-0.4, -0.2) is 24.9 Å². The molecule has 0 atom stereocenters. The summed E-state index contributed by atoms with van der Waals surface area (Å²) in [6.07, 6.45) is 6.88. The van der Waals surface area contributed by atoms with Crippen LogP contribution in [0, 0.1) is 12.3 Å². The highest BCUT2D eigenvalue weighted by Gasteiger charge is 2.15. The lowest BCUT2D eigenvalue weighted by molar-refractivity contribution is 0.582. The summed E-state index contributed by atoms with van der Waals surface area (Å²) >= 11 is 0. The quantitative estimate of drug-likeness (QED) is 0.685. The zero-order valence-corrected chi connectivity index (χ0v) is 8.56. The topological polar surface area (TPSA) is 74.8 Å². The predicted octanol–water partition coefficient (Wildman–Crippen LogP) is -0.116. The molecule has 0 saturated heterocycles. The second kappa shape index (κ2) is 4.26. The van der Waals surface area contributed by atoms with E-state index in [1.54, 1.807) is 0 Å². The molecule has 1 rings (SSSR count). The number of H-pyrrole nitrogens is 1. The Labute approximate surface area is 83.0 Å². The van der Waals surface area contributed by atoms with Gasteiger partial charge in [-0.15, -0.1) is 6.42 Å². The Bertz CT molecular complexity index is 441. The fourth-order valence-corrected chi connectivity index (χ4v) is 1.75. The number of aryl methyl sites for hydroxylation is 1. The zero-order chi connectivity index (χ0) is 10.6. The number of aromatic amines is 1. The first-order valence-electron chi connectivity index (χ1n) is 4.07. The van der Waals surface area contributed by atoms with Crippen molar-refractivity contribution in [2.75, 3.05) is 6.54 Å². The molecule has 0 aliphatic carbocycles. The number of imidazole rings is 1. The van der Waals surface area contributed by atoms with Crippen LogP contribution < -0.4 is 4.72 Å². The molecule has 5 nitrogen and oxygen atoms in total. The molecule has 0 amide bonds. The van der Waals surface area contributed by atoms with E-state index in [9.17, 15) is 8.42 Å². The van der Waals surface area contributed by atoms with Gasteiger partial charge in [0.25, 0.3) is 10.0 Å². The smallest absolute Gasteiger partial charge is 0.258 e. The second-order valence-electron chi connectivity index (χ2n) is 2.58. The Morgan fingerprint density at radius 2 is 2.43 bits per heavy atom. The van der Waals surface area contributed by atoms with Gasteiger partial charge in [0.05, 0.1) is 12.7 Å². The molecule has 1 heterocycles. The molecular weight excluding hydrogens is 202 g/mol. The lowest BCUT2D eigenvalue weighted by Gasteiger charge is -1.99. The SMILES string of the molecule is C#CCNS(=O)(=O)c1cnc(CC)[nH]1. The van der Waals surface area contributed by atoms with Gasteiger partial charge in [-0.05, 0) is 0 Å². The van der Waals surface area contributed by atoms with Crippen molar-refractivity contribution in [2.24, 2.45) is 0 Å². The first kappa shape index (κ1) is 10.8. The van der Waals surface area contributed by atoms with Crippen LogP contribution in [0.3, 0.4) is 0 Å². The van der Waals surface area contributed by atoms with Crippen molar-refractivity contribution in [3.63, 3.8) is 0 Å². The number of nitrogens with zero attached hydrogens (tertiary/aromatic N) is 1. The summed E-state index contributed by atoms with van der Waals surface area (Å²) in [6, 6.07) is 0. The van der Waals surface area contributed by atoms with Gasteiger partial charge in [0.1, 0.15) is 5.82 Å². The molecule has 14 heavy (non-hydrogen) atoms. The van der Waals surface area contributed by atoms with Gasteiger partial charge < -0.3 is 4.98 Å². The Morgan fingerprint density at radius 3 is 2.93 bits per heavy atom. The zero-order valence-electron chi connectivity index (χ0n) is 7.74. The van der Waals surface area contributed by atoms with E-state index in [1.807, 2.05) is 6.92 Å². The minimum Gasteiger partial charge on any atom is -0.332 e. The van der Waals surface area contributed by atoms with Crippen LogP contribution in [0.2, 0.25) is 0 Å². The molecule has 0 spiro atoms. The Morgan fingerprint density at radius 1 is 1.71 bits per heavy atom. The molecule has 1 aromatic heterocycles. The van der Waals surface area contributed by atoms with Crippen molar-refractivity contribution in [3.05, 3.63) is 12.0 Å². The summed E-state index contributed by atoms with van der Waals surface area (Å²) in [4.78, 5) is 6.56. The largest absolute Gasteiger partial charge is 0.332 e. The molecule has 0 aliphatic heterocycles. The highest BCUT2D eigenvalue weighted by Crippen LogP contribution is 2.04. The van der Waals surface area contributed by atoms with Gasteiger partial charge in [-0.2, -0.15) is 4.72 Å². The molecule has 0 saturated carbocycles. The van der Waals surface area contributed by atoms with Crippen molar-refractivity contribution in [3.8, 4) is 12.3 Å². The van der Waals surface area contributed by atoms with E-state index in [0.717, 1.165) is 0 Å². The van der Waals surface area contributed by atoms with Crippen molar-refractivity contribution >= 4 is 10.0 Å². The van der Waals surface area contributed by atoms with Crippen molar-refractivity contribution in [2.45, 2.75) is 18.4 Å². The van der Waals surface area contributed by atoms with E-state index >= 15 is 0 Å². The van der Waals surface area contributed by atoms with Crippen molar-refractivity contribution in [1.82, 2.24) is 14.7 Å². The molecule has 6 heteroatoms. The number of hydrogen-bond acceptors (Lipinski definition) is 3. The van der Waals surface area contributed by atoms with E-state index in [-0.39, 0.29) is 11.6 Å². The molecule has 0 aliphatic rings. The van der Waals surface area contributed by atoms with Gasteiger partial charge in [0.2, 0.25) is 0 Å². The highest BCUT2D eigenvalue weighted by atomic mass is 32.2. The number of hydrogen-bond donors (Lipinski definition) is 2.